The summed E-state index contributed by atoms with van der Waals surface area (Å²) < 4.78 is 0. The van der Waals surface area contributed by atoms with Crippen LogP contribution in [0.3, 0.4) is 0 Å². The van der Waals surface area contributed by atoms with Crippen LogP contribution in [0, 0.1) is 0 Å². The molecule has 0 radical (unpaired) electrons. The number of benzene rings is 3. The summed E-state index contributed by atoms with van der Waals surface area (Å²) in [7, 11) is 0. The normalized spacial score (nSPS) is 13.2. The van der Waals surface area contributed by atoms with E-state index in [1.807, 2.05) is 50.2 Å². The minimum absolute atomic E-state index is 0.0457. The van der Waals surface area contributed by atoms with Gasteiger partial charge < -0.3 is 15.1 Å². The van der Waals surface area contributed by atoms with Gasteiger partial charge in [-0.2, -0.15) is 0 Å². The van der Waals surface area contributed by atoms with Crippen molar-refractivity contribution in [3.63, 3.8) is 0 Å². The number of carbonyl (C=O) groups excluding carboxylic acids is 3. The Morgan fingerprint density at radius 3 is 2.47 bits per heavy atom. The lowest BCUT2D eigenvalue weighted by Gasteiger charge is -2.31. The molecule has 0 fully saturated rings. The number of carbonyl (C=O) groups is 3. The Kier molecular flexibility index (Phi) is 8.17. The molecular weight excluding hydrogens is 497 g/mol. The standard InChI is InChI=1S/C28H29Cl2N3O3/c1-3-23(27(35)31-4-2)33(17-18-13-14-21(29)22(30)16-18)25(34)12-7-15-32-24-11-6-9-19-8-5-10-20(26(19)24)28(32)36/h5-6,8-11,13-14,16,23H,3-4,7,12,15,17H2,1-2H3,(H,31,35)/t23-/m1/s1. The van der Waals surface area contributed by atoms with Crippen molar-refractivity contribution in [1.82, 2.24) is 10.2 Å². The molecule has 3 aromatic rings. The zero-order valence-electron chi connectivity index (χ0n) is 20.4. The molecule has 188 valence electrons. The number of hydrogen-bond donors (Lipinski definition) is 1. The minimum atomic E-state index is -0.613. The third-order valence-corrected chi connectivity index (χ3v) is 7.23. The first-order valence-corrected chi connectivity index (χ1v) is 13.0. The Morgan fingerprint density at radius 2 is 1.78 bits per heavy atom. The van der Waals surface area contributed by atoms with E-state index < -0.39 is 6.04 Å². The van der Waals surface area contributed by atoms with Gasteiger partial charge in [0.1, 0.15) is 6.04 Å². The number of halogens is 2. The summed E-state index contributed by atoms with van der Waals surface area (Å²) >= 11 is 12.2. The van der Waals surface area contributed by atoms with Crippen LogP contribution in [0.25, 0.3) is 10.8 Å². The van der Waals surface area contributed by atoms with Crippen LogP contribution >= 0.6 is 23.2 Å². The molecule has 1 N–H and O–H groups in total. The first kappa shape index (κ1) is 26.0. The van der Waals surface area contributed by atoms with Gasteiger partial charge in [-0.05, 0) is 55.0 Å². The smallest absolute Gasteiger partial charge is 0.258 e. The van der Waals surface area contributed by atoms with Crippen molar-refractivity contribution in [1.29, 1.82) is 0 Å². The molecule has 0 saturated carbocycles. The maximum Gasteiger partial charge on any atom is 0.258 e. The second-order valence-electron chi connectivity index (χ2n) is 8.83. The van der Waals surface area contributed by atoms with E-state index in [4.69, 9.17) is 23.2 Å². The van der Waals surface area contributed by atoms with Crippen molar-refractivity contribution < 1.29 is 14.4 Å². The lowest BCUT2D eigenvalue weighted by molar-refractivity contribution is -0.141. The van der Waals surface area contributed by atoms with Crippen LogP contribution < -0.4 is 10.2 Å². The largest absolute Gasteiger partial charge is 0.355 e. The fraction of sp³-hybridized carbons (Fsp3) is 0.321. The fourth-order valence-electron chi connectivity index (χ4n) is 4.78. The molecule has 0 unspecified atom stereocenters. The van der Waals surface area contributed by atoms with Gasteiger partial charge in [-0.15, -0.1) is 0 Å². The highest BCUT2D eigenvalue weighted by molar-refractivity contribution is 6.42. The monoisotopic (exact) mass is 525 g/mol. The molecule has 4 rings (SSSR count). The van der Waals surface area contributed by atoms with Crippen LogP contribution in [0.15, 0.2) is 54.6 Å². The van der Waals surface area contributed by atoms with Crippen molar-refractivity contribution in [2.24, 2.45) is 0 Å². The SMILES string of the molecule is CCNC(=O)[C@@H](CC)N(Cc1ccc(Cl)c(Cl)c1)C(=O)CCCN1C(=O)c2cccc3cccc1c23. The van der Waals surface area contributed by atoms with Crippen molar-refractivity contribution in [2.75, 3.05) is 18.0 Å². The van der Waals surface area contributed by atoms with Gasteiger partial charge in [0.05, 0.1) is 15.7 Å². The van der Waals surface area contributed by atoms with Crippen molar-refractivity contribution >= 4 is 57.4 Å². The van der Waals surface area contributed by atoms with Gasteiger partial charge in [-0.3, -0.25) is 14.4 Å². The molecule has 36 heavy (non-hydrogen) atoms. The van der Waals surface area contributed by atoms with E-state index in [0.29, 0.717) is 41.5 Å². The molecule has 1 heterocycles. The lowest BCUT2D eigenvalue weighted by atomic mass is 10.1. The highest BCUT2D eigenvalue weighted by Gasteiger charge is 2.31. The van der Waals surface area contributed by atoms with Crippen LogP contribution in [0.4, 0.5) is 5.69 Å². The van der Waals surface area contributed by atoms with E-state index in [-0.39, 0.29) is 30.7 Å². The average molecular weight is 526 g/mol. The van der Waals surface area contributed by atoms with Crippen molar-refractivity contribution in [3.8, 4) is 0 Å². The molecule has 1 aliphatic heterocycles. The van der Waals surface area contributed by atoms with Crippen LogP contribution in [0.1, 0.15) is 49.0 Å². The van der Waals surface area contributed by atoms with E-state index in [9.17, 15) is 14.4 Å². The van der Waals surface area contributed by atoms with Crippen LogP contribution in [0.5, 0.6) is 0 Å². The van der Waals surface area contributed by atoms with E-state index in [2.05, 4.69) is 5.32 Å². The number of nitrogens with one attached hydrogen (secondary N) is 1. The predicted octanol–water partition coefficient (Wildman–Crippen LogP) is 5.83. The van der Waals surface area contributed by atoms with Gasteiger partial charge in [0, 0.05) is 37.0 Å². The Balaban J connectivity index is 1.49. The number of hydrogen-bond acceptors (Lipinski definition) is 3. The molecule has 0 aliphatic carbocycles. The third kappa shape index (κ3) is 5.20. The van der Waals surface area contributed by atoms with Gasteiger partial charge >= 0.3 is 0 Å². The molecule has 6 nitrogen and oxygen atoms in total. The summed E-state index contributed by atoms with van der Waals surface area (Å²) in [6.07, 6.45) is 1.15. The zero-order chi connectivity index (χ0) is 25.8. The Labute approximate surface area is 221 Å². The number of amides is 3. The van der Waals surface area contributed by atoms with E-state index >= 15 is 0 Å². The molecule has 0 aromatic heterocycles. The van der Waals surface area contributed by atoms with Crippen LogP contribution in [-0.4, -0.2) is 41.8 Å². The van der Waals surface area contributed by atoms with Gasteiger partial charge in [0.2, 0.25) is 11.8 Å². The first-order chi connectivity index (χ1) is 17.3. The van der Waals surface area contributed by atoms with E-state index in [1.165, 1.54) is 0 Å². The molecular formula is C28H29Cl2N3O3. The molecule has 8 heteroatoms. The molecule has 0 bridgehead atoms. The average Bonchev–Trinajstić information content (AvgIpc) is 3.14. The van der Waals surface area contributed by atoms with Crippen LogP contribution in [-0.2, 0) is 16.1 Å². The van der Waals surface area contributed by atoms with Gasteiger partial charge in [-0.25, -0.2) is 0 Å². The van der Waals surface area contributed by atoms with Gasteiger partial charge in [0.15, 0.2) is 0 Å². The highest BCUT2D eigenvalue weighted by atomic mass is 35.5. The maximum atomic E-state index is 13.5. The van der Waals surface area contributed by atoms with Gasteiger partial charge in [-0.1, -0.05) is 60.5 Å². The zero-order valence-corrected chi connectivity index (χ0v) is 21.9. The summed E-state index contributed by atoms with van der Waals surface area (Å²) in [6, 6.07) is 16.2. The Hall–Kier alpha value is -3.09. The fourth-order valence-corrected chi connectivity index (χ4v) is 5.10. The number of rotatable bonds is 10. The highest BCUT2D eigenvalue weighted by Crippen LogP contribution is 2.37. The minimum Gasteiger partial charge on any atom is -0.355 e. The maximum absolute atomic E-state index is 13.5. The Morgan fingerprint density at radius 1 is 1.03 bits per heavy atom. The Bertz CT molecular complexity index is 1310. The second-order valence-corrected chi connectivity index (χ2v) is 9.64. The molecule has 1 atom stereocenters. The van der Waals surface area contributed by atoms with E-state index in [0.717, 1.165) is 22.0 Å². The molecule has 0 spiro atoms. The summed E-state index contributed by atoms with van der Waals surface area (Å²) in [5.74, 6) is -0.387. The van der Waals surface area contributed by atoms with E-state index in [1.54, 1.807) is 28.0 Å². The molecule has 3 aromatic carbocycles. The number of anilines is 1. The summed E-state index contributed by atoms with van der Waals surface area (Å²) in [6.45, 7) is 4.86. The third-order valence-electron chi connectivity index (χ3n) is 6.50. The first-order valence-electron chi connectivity index (χ1n) is 12.2. The second kappa shape index (κ2) is 11.3. The quantitative estimate of drug-likeness (QED) is 0.362. The molecule has 1 aliphatic rings. The van der Waals surface area contributed by atoms with Crippen molar-refractivity contribution in [2.45, 2.75) is 45.7 Å². The van der Waals surface area contributed by atoms with Gasteiger partial charge in [0.25, 0.3) is 5.91 Å². The topological polar surface area (TPSA) is 69.7 Å². The number of nitrogens with zero attached hydrogens (tertiary/aromatic N) is 2. The predicted molar refractivity (Wildman–Crippen MR) is 145 cm³/mol. The molecule has 0 saturated heterocycles. The number of likely N-dealkylation sites (N-methyl/N-ethyl adjacent to an activating group) is 1. The summed E-state index contributed by atoms with van der Waals surface area (Å²) in [5, 5.41) is 5.64. The summed E-state index contributed by atoms with van der Waals surface area (Å²) in [5.41, 5.74) is 2.36. The molecule has 3 amide bonds. The summed E-state index contributed by atoms with van der Waals surface area (Å²) in [4.78, 5) is 42.6. The van der Waals surface area contributed by atoms with Crippen LogP contribution in [0.2, 0.25) is 10.0 Å². The van der Waals surface area contributed by atoms with Crippen molar-refractivity contribution in [3.05, 3.63) is 75.8 Å². The lowest BCUT2D eigenvalue weighted by Crippen LogP contribution is -2.49.